The minimum atomic E-state index is -3.86. The standard InChI is InChI=1S/C6H9O7P/c1-2-3-10-6(8)5(7)4-11-14(9,12-5)13-6/h2,7-8H,1,3-4H2. The minimum Gasteiger partial charge on any atom is -0.357 e. The van der Waals surface area contributed by atoms with Gasteiger partial charge >= 0.3 is 13.8 Å². The summed E-state index contributed by atoms with van der Waals surface area (Å²) in [5.41, 5.74) is 0. The van der Waals surface area contributed by atoms with E-state index in [1.54, 1.807) is 0 Å². The van der Waals surface area contributed by atoms with Gasteiger partial charge in [0.1, 0.15) is 6.61 Å². The van der Waals surface area contributed by atoms with Crippen LogP contribution in [0.5, 0.6) is 0 Å². The van der Waals surface area contributed by atoms with Gasteiger partial charge in [0.2, 0.25) is 0 Å². The Bertz CT molecular complexity index is 317. The van der Waals surface area contributed by atoms with E-state index in [-0.39, 0.29) is 6.61 Å². The average molecular weight is 224 g/mol. The Hall–Kier alpha value is -0.270. The van der Waals surface area contributed by atoms with Crippen LogP contribution in [0.3, 0.4) is 0 Å². The van der Waals surface area contributed by atoms with E-state index in [1.807, 2.05) is 0 Å². The fraction of sp³-hybridized carbons (Fsp3) is 0.667. The number of rotatable bonds is 3. The van der Waals surface area contributed by atoms with Gasteiger partial charge in [0.15, 0.2) is 0 Å². The molecule has 2 aliphatic rings. The van der Waals surface area contributed by atoms with Crippen LogP contribution in [0.25, 0.3) is 0 Å². The molecular formula is C6H9O7P. The number of aliphatic hydroxyl groups is 2. The van der Waals surface area contributed by atoms with Crippen molar-refractivity contribution in [2.45, 2.75) is 11.8 Å². The molecule has 14 heavy (non-hydrogen) atoms. The third-order valence-electron chi connectivity index (χ3n) is 1.81. The molecule has 2 bridgehead atoms. The van der Waals surface area contributed by atoms with Crippen molar-refractivity contribution in [2.24, 2.45) is 0 Å². The van der Waals surface area contributed by atoms with E-state index in [0.29, 0.717) is 0 Å². The largest absolute Gasteiger partial charge is 0.482 e. The first-order valence-corrected chi connectivity index (χ1v) is 5.25. The van der Waals surface area contributed by atoms with Crippen LogP contribution in [-0.4, -0.2) is 35.2 Å². The lowest BCUT2D eigenvalue weighted by molar-refractivity contribution is -0.415. The van der Waals surface area contributed by atoms with Gasteiger partial charge in [-0.1, -0.05) is 6.08 Å². The Morgan fingerprint density at radius 3 is 2.71 bits per heavy atom. The van der Waals surface area contributed by atoms with Gasteiger partial charge in [0.05, 0.1) is 6.61 Å². The van der Waals surface area contributed by atoms with Crippen molar-refractivity contribution in [3.63, 3.8) is 0 Å². The Labute approximate surface area is 79.5 Å². The maximum Gasteiger partial charge on any atom is 0.482 e. The van der Waals surface area contributed by atoms with Gasteiger partial charge in [-0.15, -0.1) is 6.58 Å². The Kier molecular flexibility index (Phi) is 2.10. The van der Waals surface area contributed by atoms with E-state index in [4.69, 9.17) is 4.74 Å². The SMILES string of the molecule is C=CCOC1(O)OP2(=O)OCC1(O)O2. The first kappa shape index (κ1) is 10.3. The highest BCUT2D eigenvalue weighted by molar-refractivity contribution is 7.49. The van der Waals surface area contributed by atoms with E-state index in [1.165, 1.54) is 6.08 Å². The minimum absolute atomic E-state index is 0.0951. The van der Waals surface area contributed by atoms with Crippen LogP contribution >= 0.6 is 7.82 Å². The van der Waals surface area contributed by atoms with Gasteiger partial charge in [-0.25, -0.2) is 13.6 Å². The zero-order valence-corrected chi connectivity index (χ0v) is 7.98. The quantitative estimate of drug-likeness (QED) is 0.386. The number of fused-ring (bicyclic) bond motifs is 2. The predicted molar refractivity (Wildman–Crippen MR) is 41.8 cm³/mol. The molecular weight excluding hydrogens is 215 g/mol. The molecule has 0 aromatic heterocycles. The predicted octanol–water partition coefficient (Wildman–Crippen LogP) is -0.291. The van der Waals surface area contributed by atoms with Gasteiger partial charge in [0.25, 0.3) is 5.79 Å². The van der Waals surface area contributed by atoms with E-state index in [0.717, 1.165) is 0 Å². The highest BCUT2D eigenvalue weighted by Crippen LogP contribution is 2.69. The molecule has 0 amide bonds. The molecule has 2 fully saturated rings. The van der Waals surface area contributed by atoms with Crippen LogP contribution in [0, 0.1) is 0 Å². The maximum absolute atomic E-state index is 11.3. The number of hydrogen-bond donors (Lipinski definition) is 2. The summed E-state index contributed by atoms with van der Waals surface area (Å²) in [6.07, 6.45) is 1.33. The molecule has 0 aromatic carbocycles. The molecule has 0 radical (unpaired) electrons. The van der Waals surface area contributed by atoms with E-state index >= 15 is 0 Å². The van der Waals surface area contributed by atoms with E-state index < -0.39 is 26.2 Å². The Morgan fingerprint density at radius 2 is 2.29 bits per heavy atom. The summed E-state index contributed by atoms with van der Waals surface area (Å²) in [6.45, 7) is 2.77. The summed E-state index contributed by atoms with van der Waals surface area (Å²) in [5, 5.41) is 19.2. The van der Waals surface area contributed by atoms with Gasteiger partial charge in [-0.3, -0.25) is 4.52 Å². The van der Waals surface area contributed by atoms with Crippen molar-refractivity contribution in [3.8, 4) is 0 Å². The summed E-state index contributed by atoms with van der Waals surface area (Å²) in [4.78, 5) is 0. The molecule has 2 saturated heterocycles. The number of ether oxygens (including phenoxy) is 1. The second-order valence-electron chi connectivity index (χ2n) is 2.87. The molecule has 2 heterocycles. The third kappa shape index (κ3) is 1.26. The summed E-state index contributed by atoms with van der Waals surface area (Å²) in [7, 11) is -3.86. The van der Waals surface area contributed by atoms with Gasteiger partial charge < -0.3 is 14.9 Å². The molecule has 80 valence electrons. The molecule has 3 unspecified atom stereocenters. The van der Waals surface area contributed by atoms with Gasteiger partial charge in [-0.05, 0) is 0 Å². The fourth-order valence-corrected chi connectivity index (χ4v) is 2.64. The zero-order valence-electron chi connectivity index (χ0n) is 7.08. The normalized spacial score (nSPS) is 51.0. The van der Waals surface area contributed by atoms with E-state index in [9.17, 15) is 14.8 Å². The first-order valence-electron chi connectivity index (χ1n) is 3.79. The van der Waals surface area contributed by atoms with E-state index in [2.05, 4.69) is 20.2 Å². The summed E-state index contributed by atoms with van der Waals surface area (Å²) in [5.74, 6) is -4.71. The highest BCUT2D eigenvalue weighted by Gasteiger charge is 2.73. The maximum atomic E-state index is 11.3. The van der Waals surface area contributed by atoms with Crippen LogP contribution in [0.1, 0.15) is 0 Å². The van der Waals surface area contributed by atoms with Crippen LogP contribution in [0.15, 0.2) is 12.7 Å². The molecule has 2 aliphatic heterocycles. The number of hydrogen-bond acceptors (Lipinski definition) is 7. The third-order valence-corrected chi connectivity index (χ3v) is 3.25. The highest BCUT2D eigenvalue weighted by atomic mass is 31.2. The molecule has 2 rings (SSSR count). The number of phosphoric ester groups is 1. The molecule has 3 atom stereocenters. The van der Waals surface area contributed by atoms with Crippen molar-refractivity contribution in [2.75, 3.05) is 13.2 Å². The fourth-order valence-electron chi connectivity index (χ4n) is 1.13. The molecule has 0 spiro atoms. The summed E-state index contributed by atoms with van der Waals surface area (Å²) >= 11 is 0. The molecule has 0 aromatic rings. The molecule has 7 nitrogen and oxygen atoms in total. The van der Waals surface area contributed by atoms with Crippen LogP contribution in [0.4, 0.5) is 0 Å². The van der Waals surface area contributed by atoms with Crippen molar-refractivity contribution in [1.82, 2.24) is 0 Å². The molecule has 0 saturated carbocycles. The lowest BCUT2D eigenvalue weighted by Gasteiger charge is -2.31. The van der Waals surface area contributed by atoms with Crippen LogP contribution in [-0.2, 0) is 22.9 Å². The summed E-state index contributed by atoms with van der Waals surface area (Å²) in [6, 6.07) is 0. The topological polar surface area (TPSA) is 94.5 Å². The Balaban J connectivity index is 2.22. The monoisotopic (exact) mass is 224 g/mol. The second-order valence-corrected chi connectivity index (χ2v) is 4.39. The van der Waals surface area contributed by atoms with Gasteiger partial charge in [0, 0.05) is 0 Å². The second kappa shape index (κ2) is 2.86. The van der Waals surface area contributed by atoms with Crippen molar-refractivity contribution in [3.05, 3.63) is 12.7 Å². The molecule has 2 N–H and O–H groups in total. The smallest absolute Gasteiger partial charge is 0.357 e. The van der Waals surface area contributed by atoms with Crippen molar-refractivity contribution < 1.29 is 33.1 Å². The average Bonchev–Trinajstić information content (AvgIpc) is 2.49. The zero-order chi connectivity index (χ0) is 10.4. The lowest BCUT2D eigenvalue weighted by atomic mass is 10.2. The Morgan fingerprint density at radius 1 is 1.57 bits per heavy atom. The molecule has 0 aliphatic carbocycles. The van der Waals surface area contributed by atoms with Gasteiger partial charge in [-0.2, -0.15) is 0 Å². The number of phosphoric acid groups is 1. The van der Waals surface area contributed by atoms with Crippen LogP contribution < -0.4 is 0 Å². The first-order chi connectivity index (χ1) is 6.43. The van der Waals surface area contributed by atoms with Crippen molar-refractivity contribution in [1.29, 1.82) is 0 Å². The summed E-state index contributed by atoms with van der Waals surface area (Å²) < 4.78 is 29.6. The lowest BCUT2D eigenvalue weighted by Crippen LogP contribution is -2.56. The molecule has 8 heteroatoms. The van der Waals surface area contributed by atoms with Crippen LogP contribution in [0.2, 0.25) is 0 Å². The van der Waals surface area contributed by atoms with Crippen molar-refractivity contribution >= 4 is 7.82 Å².